The summed E-state index contributed by atoms with van der Waals surface area (Å²) in [7, 11) is 1.34. The van der Waals surface area contributed by atoms with Crippen molar-refractivity contribution in [2.24, 2.45) is 0 Å². The second kappa shape index (κ2) is 36.7. The zero-order valence-electron chi connectivity index (χ0n) is 31.8. The summed E-state index contributed by atoms with van der Waals surface area (Å²) >= 11 is 0. The number of halogens is 5. The molecule has 0 saturated carbocycles. The van der Waals surface area contributed by atoms with Crippen LogP contribution in [0.15, 0.2) is 0 Å². The maximum atomic E-state index is 13.6. The van der Waals surface area contributed by atoms with Gasteiger partial charge in [0.25, 0.3) is 0 Å². The van der Waals surface area contributed by atoms with E-state index in [1.165, 1.54) is 7.11 Å². The van der Waals surface area contributed by atoms with Gasteiger partial charge in [-0.25, -0.2) is 13.2 Å². The van der Waals surface area contributed by atoms with Gasteiger partial charge in [0, 0.05) is 0 Å². The minimum atomic E-state index is -2.35. The van der Waals surface area contributed by atoms with Crippen LogP contribution in [0, 0.1) is 29.1 Å². The first-order valence-corrected chi connectivity index (χ1v) is 18.0. The van der Waals surface area contributed by atoms with Gasteiger partial charge in [-0.2, -0.15) is 8.78 Å². The Kier molecular flexibility index (Phi) is 33.6. The van der Waals surface area contributed by atoms with Gasteiger partial charge in [-0.1, -0.05) is 0 Å². The van der Waals surface area contributed by atoms with E-state index in [0.717, 1.165) is 0 Å². The van der Waals surface area contributed by atoms with E-state index in [0.29, 0.717) is 132 Å². The number of hydrogen-bond donors (Lipinski definition) is 0. The molecule has 56 heavy (non-hydrogen) atoms. The van der Waals surface area contributed by atoms with Gasteiger partial charge in [0.2, 0.25) is 34.8 Å². The molecule has 0 unspecified atom stereocenters. The van der Waals surface area contributed by atoms with Gasteiger partial charge < -0.3 is 66.3 Å². The monoisotopic (exact) mass is 826 g/mol. The van der Waals surface area contributed by atoms with Crippen LogP contribution in [-0.4, -0.2) is 178 Å². The van der Waals surface area contributed by atoms with Gasteiger partial charge in [0.05, 0.1) is 179 Å². The lowest BCUT2D eigenvalue weighted by Gasteiger charge is -2.09. The Balaban J connectivity index is 1.71. The Bertz CT molecular complexity index is 1110. The maximum absolute atomic E-state index is 13.6. The number of carbonyl (C=O) groups is 2. The summed E-state index contributed by atoms with van der Waals surface area (Å²) in [5, 5.41) is 0. The lowest BCUT2D eigenvalue weighted by molar-refractivity contribution is -0.142. The first-order chi connectivity index (χ1) is 27.3. The van der Waals surface area contributed by atoms with Crippen LogP contribution in [0.1, 0.15) is 12.8 Å². The first-order valence-electron chi connectivity index (χ1n) is 18.0. The molecule has 0 atom stereocenters. The number of hydrogen-bond acceptors (Lipinski definition) is 16. The van der Waals surface area contributed by atoms with Crippen LogP contribution in [0.3, 0.4) is 0 Å². The zero-order chi connectivity index (χ0) is 40.9. The van der Waals surface area contributed by atoms with Gasteiger partial charge in [0.1, 0.15) is 0 Å². The maximum Gasteiger partial charge on any atom is 0.313 e. The van der Waals surface area contributed by atoms with Crippen molar-refractivity contribution in [3.8, 4) is 5.75 Å². The quantitative estimate of drug-likeness (QED) is 0.0237. The molecule has 326 valence electrons. The van der Waals surface area contributed by atoms with Crippen molar-refractivity contribution in [3.63, 3.8) is 0 Å². The van der Waals surface area contributed by atoms with Crippen molar-refractivity contribution in [3.05, 3.63) is 29.1 Å². The van der Waals surface area contributed by atoms with Crippen molar-refractivity contribution in [2.45, 2.75) is 12.8 Å². The van der Waals surface area contributed by atoms with Crippen LogP contribution in [0.5, 0.6) is 5.75 Å². The average Bonchev–Trinajstić information content (AvgIpc) is 3.20. The van der Waals surface area contributed by atoms with Crippen molar-refractivity contribution in [1.29, 1.82) is 0 Å². The van der Waals surface area contributed by atoms with Crippen LogP contribution in [0.25, 0.3) is 0 Å². The third-order valence-electron chi connectivity index (χ3n) is 6.61. The number of benzene rings is 1. The molecule has 1 aromatic carbocycles. The van der Waals surface area contributed by atoms with Gasteiger partial charge >= 0.3 is 11.9 Å². The fraction of sp³-hybridized carbons (Fsp3) is 0.771. The first kappa shape index (κ1) is 51.3. The predicted octanol–water partition coefficient (Wildman–Crippen LogP) is 2.44. The molecule has 0 aliphatic rings. The van der Waals surface area contributed by atoms with Crippen LogP contribution in [-0.2, 0) is 71.2 Å². The Morgan fingerprint density at radius 3 is 0.750 bits per heavy atom. The normalized spacial score (nSPS) is 11.4. The van der Waals surface area contributed by atoms with E-state index >= 15 is 0 Å². The minimum absolute atomic E-state index is 0.0742. The summed E-state index contributed by atoms with van der Waals surface area (Å²) in [4.78, 5) is 22.6. The molecule has 21 heteroatoms. The fourth-order valence-electron chi connectivity index (χ4n) is 3.77. The van der Waals surface area contributed by atoms with Gasteiger partial charge in [-0.05, 0) is 0 Å². The standard InChI is InChI=1S/C35H55F5O16/c1-43-28(41)2-4-44-6-8-46-10-12-48-14-16-50-18-20-52-22-24-54-26-27-55-25-23-53-21-19-51-17-15-49-13-11-47-9-7-45-5-3-29(42)56-35-33(39)31(37)30(36)32(38)34(35)40/h2-27H2,1H3. The molecule has 0 bridgehead atoms. The lowest BCUT2D eigenvalue weighted by Crippen LogP contribution is -2.16. The van der Waals surface area contributed by atoms with E-state index in [4.69, 9.17) is 56.8 Å². The molecule has 0 spiro atoms. The topological polar surface area (TPSA) is 163 Å². The van der Waals surface area contributed by atoms with Crippen LogP contribution in [0.4, 0.5) is 22.0 Å². The molecule has 0 aliphatic carbocycles. The van der Waals surface area contributed by atoms with Crippen LogP contribution in [0.2, 0.25) is 0 Å². The molecule has 1 aromatic rings. The Labute approximate surface area is 323 Å². The molecule has 0 N–H and O–H groups in total. The molecule has 16 nitrogen and oxygen atoms in total. The summed E-state index contributed by atoms with van der Waals surface area (Å²) < 4.78 is 140. The van der Waals surface area contributed by atoms with E-state index in [2.05, 4.69) is 9.47 Å². The third kappa shape index (κ3) is 27.8. The minimum Gasteiger partial charge on any atom is -0.469 e. The largest absolute Gasteiger partial charge is 0.469 e. The highest BCUT2D eigenvalue weighted by Gasteiger charge is 2.28. The van der Waals surface area contributed by atoms with E-state index in [-0.39, 0.29) is 38.8 Å². The third-order valence-corrected chi connectivity index (χ3v) is 6.61. The Morgan fingerprint density at radius 1 is 0.321 bits per heavy atom. The zero-order valence-corrected chi connectivity index (χ0v) is 31.8. The Hall–Kier alpha value is -2.67. The van der Waals surface area contributed by atoms with Crippen molar-refractivity contribution >= 4 is 11.9 Å². The van der Waals surface area contributed by atoms with Gasteiger partial charge in [-0.15, -0.1) is 0 Å². The summed E-state index contributed by atoms with van der Waals surface area (Å²) in [5.74, 6) is -14.5. The highest BCUT2D eigenvalue weighted by molar-refractivity contribution is 5.72. The molecular formula is C35H55F5O16. The SMILES string of the molecule is COC(=O)CCOCCOCCOCCOCCOCCOCCOCCOCCOCCOCCOCCOCCC(=O)Oc1c(F)c(F)c(F)c(F)c1F. The second-order valence-corrected chi connectivity index (χ2v) is 10.8. The van der Waals surface area contributed by atoms with Crippen LogP contribution < -0.4 is 4.74 Å². The molecule has 0 heterocycles. The smallest absolute Gasteiger partial charge is 0.313 e. The molecule has 0 aromatic heterocycles. The van der Waals surface area contributed by atoms with Gasteiger partial charge in [0.15, 0.2) is 0 Å². The summed E-state index contributed by atoms with van der Waals surface area (Å²) in [6, 6.07) is 0. The second-order valence-electron chi connectivity index (χ2n) is 10.8. The number of methoxy groups -OCH3 is 1. The molecule has 0 saturated heterocycles. The number of carbonyl (C=O) groups excluding carboxylic acids is 2. The molecule has 0 aliphatic heterocycles. The van der Waals surface area contributed by atoms with E-state index in [1.54, 1.807) is 0 Å². The lowest BCUT2D eigenvalue weighted by atomic mass is 10.2. The highest BCUT2D eigenvalue weighted by Crippen LogP contribution is 2.29. The van der Waals surface area contributed by atoms with Crippen molar-refractivity contribution in [1.82, 2.24) is 0 Å². The molecular weight excluding hydrogens is 771 g/mol. The van der Waals surface area contributed by atoms with Gasteiger partial charge in [-0.3, -0.25) is 9.59 Å². The van der Waals surface area contributed by atoms with Crippen molar-refractivity contribution < 1.29 is 97.9 Å². The molecule has 0 radical (unpaired) electrons. The van der Waals surface area contributed by atoms with E-state index in [9.17, 15) is 31.5 Å². The number of rotatable bonds is 40. The van der Waals surface area contributed by atoms with Crippen molar-refractivity contribution in [2.75, 3.05) is 166 Å². The predicted molar refractivity (Wildman–Crippen MR) is 183 cm³/mol. The Morgan fingerprint density at radius 2 is 0.518 bits per heavy atom. The number of esters is 2. The van der Waals surface area contributed by atoms with E-state index in [1.807, 2.05) is 0 Å². The summed E-state index contributed by atoms with van der Waals surface area (Å²) in [5.41, 5.74) is 0. The average molecular weight is 827 g/mol. The summed E-state index contributed by atoms with van der Waals surface area (Å²) in [6.45, 7) is 8.53. The fourth-order valence-corrected chi connectivity index (χ4v) is 3.77. The van der Waals surface area contributed by atoms with Crippen LogP contribution >= 0.6 is 0 Å². The molecule has 1 rings (SSSR count). The summed E-state index contributed by atoms with van der Waals surface area (Å²) in [6.07, 6.45) is -0.269. The van der Waals surface area contributed by atoms with E-state index < -0.39 is 47.2 Å². The highest BCUT2D eigenvalue weighted by atomic mass is 19.2. The number of ether oxygens (including phenoxy) is 14. The molecule has 0 amide bonds. The molecule has 0 fully saturated rings.